The molecule has 2 N–H and O–H groups in total. The van der Waals surface area contributed by atoms with Gasteiger partial charge in [0.15, 0.2) is 0 Å². The molecule has 0 unspecified atom stereocenters. The maximum absolute atomic E-state index is 5.01. The maximum atomic E-state index is 5.01. The van der Waals surface area contributed by atoms with Gasteiger partial charge in [0.1, 0.15) is 0 Å². The van der Waals surface area contributed by atoms with Crippen molar-refractivity contribution in [2.24, 2.45) is 5.90 Å². The Kier molecular flexibility index (Phi) is 3.17. The van der Waals surface area contributed by atoms with E-state index in [2.05, 4.69) is 23.0 Å². The number of aryl methyl sites for hydroxylation is 2. The van der Waals surface area contributed by atoms with Crippen LogP contribution in [0.25, 0.3) is 0 Å². The van der Waals surface area contributed by atoms with Crippen molar-refractivity contribution in [3.8, 4) is 0 Å². The zero-order chi connectivity index (χ0) is 9.80. The average molecular weight is 191 g/mol. The van der Waals surface area contributed by atoms with Crippen LogP contribution in [0, 0.1) is 0 Å². The first-order valence-corrected chi connectivity index (χ1v) is 5.32. The van der Waals surface area contributed by atoms with E-state index in [9.17, 15) is 0 Å². The van der Waals surface area contributed by atoms with Gasteiger partial charge in [-0.05, 0) is 48.8 Å². The average Bonchev–Trinajstić information content (AvgIpc) is 2.26. The molecule has 1 aromatic carbocycles. The van der Waals surface area contributed by atoms with Gasteiger partial charge < -0.3 is 4.84 Å². The van der Waals surface area contributed by atoms with Gasteiger partial charge in [-0.2, -0.15) is 0 Å². The quantitative estimate of drug-likeness (QED) is 0.742. The van der Waals surface area contributed by atoms with Gasteiger partial charge in [-0.25, -0.2) is 5.90 Å². The normalized spacial score (nSPS) is 15.2. The van der Waals surface area contributed by atoms with E-state index >= 15 is 0 Å². The summed E-state index contributed by atoms with van der Waals surface area (Å²) >= 11 is 0. The van der Waals surface area contributed by atoms with Crippen LogP contribution in [0.2, 0.25) is 0 Å². The predicted octanol–water partition coefficient (Wildman–Crippen LogP) is 2.00. The van der Waals surface area contributed by atoms with Crippen molar-refractivity contribution >= 4 is 0 Å². The first kappa shape index (κ1) is 9.69. The van der Waals surface area contributed by atoms with Gasteiger partial charge in [-0.15, -0.1) is 0 Å². The minimum atomic E-state index is 0.610. The monoisotopic (exact) mass is 191 g/mol. The Morgan fingerprint density at radius 3 is 2.71 bits per heavy atom. The Hall–Kier alpha value is -0.860. The second-order valence-corrected chi connectivity index (χ2v) is 3.93. The zero-order valence-electron chi connectivity index (χ0n) is 8.46. The van der Waals surface area contributed by atoms with Crippen molar-refractivity contribution in [1.29, 1.82) is 0 Å². The minimum absolute atomic E-state index is 0.610. The lowest BCUT2D eigenvalue weighted by molar-refractivity contribution is 0.141. The molecule has 2 nitrogen and oxygen atoms in total. The number of benzene rings is 1. The Morgan fingerprint density at radius 2 is 1.93 bits per heavy atom. The summed E-state index contributed by atoms with van der Waals surface area (Å²) in [6.45, 7) is 0.610. The van der Waals surface area contributed by atoms with Crippen LogP contribution in [0.3, 0.4) is 0 Å². The van der Waals surface area contributed by atoms with Gasteiger partial charge in [-0.3, -0.25) is 0 Å². The summed E-state index contributed by atoms with van der Waals surface area (Å²) in [4.78, 5) is 4.59. The molecule has 0 saturated heterocycles. The fourth-order valence-electron chi connectivity index (χ4n) is 2.12. The standard InChI is InChI=1S/C12H17NO/c13-14-8-7-10-5-6-11-3-1-2-4-12(11)9-10/h5-6,9H,1-4,7-8,13H2. The van der Waals surface area contributed by atoms with Crippen LogP contribution >= 0.6 is 0 Å². The molecule has 14 heavy (non-hydrogen) atoms. The maximum Gasteiger partial charge on any atom is 0.0719 e. The molecule has 0 radical (unpaired) electrons. The molecule has 0 aliphatic heterocycles. The van der Waals surface area contributed by atoms with Crippen LogP contribution in [0.5, 0.6) is 0 Å². The van der Waals surface area contributed by atoms with Crippen LogP contribution in [0.4, 0.5) is 0 Å². The lowest BCUT2D eigenvalue weighted by Gasteiger charge is -2.16. The Morgan fingerprint density at radius 1 is 1.14 bits per heavy atom. The van der Waals surface area contributed by atoms with E-state index in [-0.39, 0.29) is 0 Å². The molecule has 0 heterocycles. The fraction of sp³-hybridized carbons (Fsp3) is 0.500. The number of hydrogen-bond acceptors (Lipinski definition) is 2. The third-order valence-corrected chi connectivity index (χ3v) is 2.92. The second kappa shape index (κ2) is 4.58. The Labute approximate surface area is 85.0 Å². The van der Waals surface area contributed by atoms with Gasteiger partial charge >= 0.3 is 0 Å². The number of nitrogens with two attached hydrogens (primary N) is 1. The molecule has 2 heteroatoms. The van der Waals surface area contributed by atoms with Crippen molar-refractivity contribution in [1.82, 2.24) is 0 Å². The highest BCUT2D eigenvalue weighted by Crippen LogP contribution is 2.22. The molecular formula is C12H17NO. The van der Waals surface area contributed by atoms with Gasteiger partial charge in [0.05, 0.1) is 6.61 Å². The molecule has 0 amide bonds. The number of fused-ring (bicyclic) bond motifs is 1. The molecule has 2 rings (SSSR count). The van der Waals surface area contributed by atoms with Gasteiger partial charge in [0.2, 0.25) is 0 Å². The van der Waals surface area contributed by atoms with Crippen LogP contribution in [-0.4, -0.2) is 6.61 Å². The van der Waals surface area contributed by atoms with E-state index in [1.54, 1.807) is 0 Å². The van der Waals surface area contributed by atoms with E-state index in [1.165, 1.54) is 42.4 Å². The van der Waals surface area contributed by atoms with Crippen molar-refractivity contribution < 1.29 is 4.84 Å². The van der Waals surface area contributed by atoms with Crippen molar-refractivity contribution in [3.63, 3.8) is 0 Å². The van der Waals surface area contributed by atoms with E-state index in [4.69, 9.17) is 5.90 Å². The fourth-order valence-corrected chi connectivity index (χ4v) is 2.12. The van der Waals surface area contributed by atoms with Crippen LogP contribution < -0.4 is 5.90 Å². The first-order chi connectivity index (χ1) is 6.90. The third-order valence-electron chi connectivity index (χ3n) is 2.92. The Bertz CT molecular complexity index is 309. The summed E-state index contributed by atoms with van der Waals surface area (Å²) in [7, 11) is 0. The smallest absolute Gasteiger partial charge is 0.0719 e. The minimum Gasteiger partial charge on any atom is -0.304 e. The van der Waals surface area contributed by atoms with E-state index < -0.39 is 0 Å². The summed E-state index contributed by atoms with van der Waals surface area (Å²) in [6.07, 6.45) is 6.10. The topological polar surface area (TPSA) is 35.2 Å². The lowest BCUT2D eigenvalue weighted by atomic mass is 9.90. The largest absolute Gasteiger partial charge is 0.304 e. The summed E-state index contributed by atoms with van der Waals surface area (Å²) in [5.41, 5.74) is 4.41. The molecule has 0 bridgehead atoms. The van der Waals surface area contributed by atoms with E-state index in [0.717, 1.165) is 6.42 Å². The number of hydrogen-bond donors (Lipinski definition) is 1. The highest BCUT2D eigenvalue weighted by molar-refractivity contribution is 5.33. The Balaban J connectivity index is 2.12. The molecule has 0 aromatic heterocycles. The summed E-state index contributed by atoms with van der Waals surface area (Å²) in [5.74, 6) is 5.01. The molecule has 0 fully saturated rings. The highest BCUT2D eigenvalue weighted by atomic mass is 16.6. The second-order valence-electron chi connectivity index (χ2n) is 3.93. The van der Waals surface area contributed by atoms with Gasteiger partial charge in [0, 0.05) is 0 Å². The molecular weight excluding hydrogens is 174 g/mol. The molecule has 0 atom stereocenters. The van der Waals surface area contributed by atoms with Gasteiger partial charge in [-0.1, -0.05) is 18.2 Å². The van der Waals surface area contributed by atoms with E-state index in [0.29, 0.717) is 6.61 Å². The molecule has 76 valence electrons. The summed E-state index contributed by atoms with van der Waals surface area (Å²) in [6, 6.07) is 6.77. The zero-order valence-corrected chi connectivity index (χ0v) is 8.46. The lowest BCUT2D eigenvalue weighted by Crippen LogP contribution is -2.06. The molecule has 1 aliphatic rings. The van der Waals surface area contributed by atoms with Crippen LogP contribution in [0.1, 0.15) is 29.5 Å². The summed E-state index contributed by atoms with van der Waals surface area (Å²) < 4.78 is 0. The van der Waals surface area contributed by atoms with E-state index in [1.807, 2.05) is 0 Å². The van der Waals surface area contributed by atoms with Crippen molar-refractivity contribution in [2.75, 3.05) is 6.61 Å². The molecule has 1 aliphatic carbocycles. The van der Waals surface area contributed by atoms with Crippen molar-refractivity contribution in [2.45, 2.75) is 32.1 Å². The third kappa shape index (κ3) is 2.14. The van der Waals surface area contributed by atoms with Crippen LogP contribution in [0.15, 0.2) is 18.2 Å². The SMILES string of the molecule is NOCCc1ccc2c(c1)CCCC2. The summed E-state index contributed by atoms with van der Waals surface area (Å²) in [5, 5.41) is 0. The molecule has 0 saturated carbocycles. The van der Waals surface area contributed by atoms with Crippen LogP contribution in [-0.2, 0) is 24.1 Å². The first-order valence-electron chi connectivity index (χ1n) is 5.32. The number of rotatable bonds is 3. The highest BCUT2D eigenvalue weighted by Gasteiger charge is 2.08. The van der Waals surface area contributed by atoms with Crippen molar-refractivity contribution in [3.05, 3.63) is 34.9 Å². The molecule has 0 spiro atoms. The van der Waals surface area contributed by atoms with Gasteiger partial charge in [0.25, 0.3) is 0 Å². The molecule has 1 aromatic rings. The predicted molar refractivity (Wildman–Crippen MR) is 56.9 cm³/mol.